The van der Waals surface area contributed by atoms with Crippen molar-refractivity contribution in [2.45, 2.75) is 40.3 Å². The smallest absolute Gasteiger partial charge is 0.287 e. The van der Waals surface area contributed by atoms with Gasteiger partial charge in [0, 0.05) is 30.5 Å². The predicted molar refractivity (Wildman–Crippen MR) is 121 cm³/mol. The molecule has 1 N–H and O–H groups in total. The van der Waals surface area contributed by atoms with E-state index in [4.69, 9.17) is 4.42 Å². The molecule has 0 radical (unpaired) electrons. The highest BCUT2D eigenvalue weighted by Gasteiger charge is 2.17. The van der Waals surface area contributed by atoms with Crippen LogP contribution in [0.3, 0.4) is 0 Å². The van der Waals surface area contributed by atoms with Gasteiger partial charge in [-0.05, 0) is 48.7 Å². The minimum Gasteiger partial charge on any atom is -0.454 e. The maximum absolute atomic E-state index is 13.0. The third-order valence-corrected chi connectivity index (χ3v) is 4.96. The number of nitrogens with one attached hydrogen (secondary N) is 1. The van der Waals surface area contributed by atoms with Crippen molar-refractivity contribution < 1.29 is 14.0 Å². The van der Waals surface area contributed by atoms with Crippen LogP contribution in [-0.2, 0) is 13.1 Å². The molecule has 0 unspecified atom stereocenters. The zero-order valence-electron chi connectivity index (χ0n) is 18.5. The zero-order valence-corrected chi connectivity index (χ0v) is 18.5. The van der Waals surface area contributed by atoms with E-state index < -0.39 is 0 Å². The Kier molecular flexibility index (Phi) is 7.70. The molecule has 0 atom stereocenters. The van der Waals surface area contributed by atoms with Gasteiger partial charge in [0.05, 0.1) is 13.1 Å². The van der Waals surface area contributed by atoms with Gasteiger partial charge in [0.15, 0.2) is 5.76 Å². The molecule has 6 heteroatoms. The van der Waals surface area contributed by atoms with Crippen molar-refractivity contribution in [2.75, 3.05) is 13.1 Å². The lowest BCUT2D eigenvalue weighted by Crippen LogP contribution is -2.32. The second-order valence-electron chi connectivity index (χ2n) is 8.09. The summed E-state index contributed by atoms with van der Waals surface area (Å²) in [5.74, 6) is 1.22. The first-order valence-corrected chi connectivity index (χ1v) is 10.8. The lowest BCUT2D eigenvalue weighted by atomic mass is 10.2. The molecule has 2 heterocycles. The van der Waals surface area contributed by atoms with Crippen LogP contribution in [-0.4, -0.2) is 34.4 Å². The molecule has 0 saturated carbocycles. The molecule has 0 fully saturated rings. The van der Waals surface area contributed by atoms with Crippen LogP contribution in [0.15, 0.2) is 65.2 Å². The molecular formula is C25H31N3O3. The summed E-state index contributed by atoms with van der Waals surface area (Å²) in [6.45, 7) is 8.46. The molecular weight excluding hydrogens is 390 g/mol. The van der Waals surface area contributed by atoms with Crippen LogP contribution < -0.4 is 5.32 Å². The first-order chi connectivity index (χ1) is 15.0. The number of benzene rings is 1. The van der Waals surface area contributed by atoms with Crippen LogP contribution in [0.2, 0.25) is 0 Å². The van der Waals surface area contributed by atoms with Crippen LogP contribution in [0.5, 0.6) is 0 Å². The van der Waals surface area contributed by atoms with Gasteiger partial charge in [-0.15, -0.1) is 0 Å². The Morgan fingerprint density at radius 1 is 1.06 bits per heavy atom. The minimum absolute atomic E-state index is 0.0253. The molecule has 0 aliphatic carbocycles. The molecule has 3 aromatic rings. The van der Waals surface area contributed by atoms with Crippen molar-refractivity contribution in [3.05, 3.63) is 83.6 Å². The first-order valence-electron chi connectivity index (χ1n) is 10.8. The SMILES string of the molecule is CCCN(Cc1cccn1Cc1ccc(C(=O)NCC(C)C)o1)C(=O)c1ccccc1. The van der Waals surface area contributed by atoms with Gasteiger partial charge in [-0.3, -0.25) is 9.59 Å². The Labute approximate surface area is 183 Å². The summed E-state index contributed by atoms with van der Waals surface area (Å²) in [5, 5.41) is 2.87. The fourth-order valence-corrected chi connectivity index (χ4v) is 3.37. The standard InChI is InChI=1S/C25H31N3O3/c1-4-14-28(25(30)20-9-6-5-7-10-20)17-21-11-8-15-27(21)18-22-12-13-23(31-22)24(29)26-16-19(2)3/h5-13,15,19H,4,14,16-18H2,1-3H3,(H,26,29). The maximum Gasteiger partial charge on any atom is 0.287 e. The Hall–Kier alpha value is -3.28. The summed E-state index contributed by atoms with van der Waals surface area (Å²) in [5.41, 5.74) is 1.71. The molecule has 2 aromatic heterocycles. The van der Waals surface area contributed by atoms with Gasteiger partial charge in [-0.25, -0.2) is 0 Å². The highest BCUT2D eigenvalue weighted by molar-refractivity contribution is 5.94. The number of carbonyl (C=O) groups excluding carboxylic acids is 2. The van der Waals surface area contributed by atoms with Crippen molar-refractivity contribution in [1.82, 2.24) is 14.8 Å². The second-order valence-corrected chi connectivity index (χ2v) is 8.09. The third-order valence-electron chi connectivity index (χ3n) is 4.96. The molecule has 3 rings (SSSR count). The number of aromatic nitrogens is 1. The van der Waals surface area contributed by atoms with E-state index >= 15 is 0 Å². The van der Waals surface area contributed by atoms with E-state index in [1.54, 1.807) is 6.07 Å². The molecule has 0 spiro atoms. The van der Waals surface area contributed by atoms with Crippen molar-refractivity contribution >= 4 is 11.8 Å². The van der Waals surface area contributed by atoms with Crippen LogP contribution in [0.4, 0.5) is 0 Å². The molecule has 1 aromatic carbocycles. The molecule has 0 bridgehead atoms. The van der Waals surface area contributed by atoms with Gasteiger partial charge < -0.3 is 19.2 Å². The number of furan rings is 1. The normalized spacial score (nSPS) is 11.0. The van der Waals surface area contributed by atoms with Crippen LogP contribution in [0.1, 0.15) is 59.6 Å². The van der Waals surface area contributed by atoms with Gasteiger partial charge in [-0.2, -0.15) is 0 Å². The van der Waals surface area contributed by atoms with Crippen molar-refractivity contribution in [3.8, 4) is 0 Å². The van der Waals surface area contributed by atoms with Crippen molar-refractivity contribution in [3.63, 3.8) is 0 Å². The summed E-state index contributed by atoms with van der Waals surface area (Å²) >= 11 is 0. The highest BCUT2D eigenvalue weighted by atomic mass is 16.4. The number of rotatable bonds is 10. The van der Waals surface area contributed by atoms with Crippen molar-refractivity contribution in [2.24, 2.45) is 5.92 Å². The first kappa shape index (κ1) is 22.4. The number of carbonyl (C=O) groups is 2. The topological polar surface area (TPSA) is 67.5 Å². The lowest BCUT2D eigenvalue weighted by molar-refractivity contribution is 0.0739. The number of nitrogens with zero attached hydrogens (tertiary/aromatic N) is 2. The summed E-state index contributed by atoms with van der Waals surface area (Å²) in [7, 11) is 0. The Bertz CT molecular complexity index is 988. The molecule has 2 amide bonds. The van der Waals surface area contributed by atoms with Gasteiger partial charge >= 0.3 is 0 Å². The number of hydrogen-bond donors (Lipinski definition) is 1. The van der Waals surface area contributed by atoms with Gasteiger partial charge in [0.25, 0.3) is 11.8 Å². The maximum atomic E-state index is 13.0. The monoisotopic (exact) mass is 421 g/mol. The van der Waals surface area contributed by atoms with Gasteiger partial charge in [0.2, 0.25) is 0 Å². The Morgan fingerprint density at radius 3 is 2.55 bits per heavy atom. The second kappa shape index (κ2) is 10.7. The Balaban J connectivity index is 1.69. The fraction of sp³-hybridized carbons (Fsp3) is 0.360. The van der Waals surface area contributed by atoms with E-state index in [9.17, 15) is 9.59 Å². The largest absolute Gasteiger partial charge is 0.454 e. The van der Waals surface area contributed by atoms with Crippen LogP contribution >= 0.6 is 0 Å². The quantitative estimate of drug-likeness (QED) is 0.521. The summed E-state index contributed by atoms with van der Waals surface area (Å²) < 4.78 is 7.81. The molecule has 6 nitrogen and oxygen atoms in total. The average molecular weight is 422 g/mol. The third kappa shape index (κ3) is 6.10. The summed E-state index contributed by atoms with van der Waals surface area (Å²) in [6, 6.07) is 16.9. The molecule has 0 saturated heterocycles. The van der Waals surface area contributed by atoms with E-state index in [1.807, 2.05) is 73.5 Å². The van der Waals surface area contributed by atoms with Crippen LogP contribution in [0, 0.1) is 5.92 Å². The van der Waals surface area contributed by atoms with Gasteiger partial charge in [-0.1, -0.05) is 39.0 Å². The van der Waals surface area contributed by atoms with E-state index in [-0.39, 0.29) is 11.8 Å². The van der Waals surface area contributed by atoms with Gasteiger partial charge in [0.1, 0.15) is 5.76 Å². The summed E-state index contributed by atoms with van der Waals surface area (Å²) in [6.07, 6.45) is 2.85. The average Bonchev–Trinajstić information content (AvgIpc) is 3.42. The molecule has 0 aliphatic rings. The van der Waals surface area contributed by atoms with E-state index in [0.29, 0.717) is 49.2 Å². The molecule has 0 aliphatic heterocycles. The molecule has 31 heavy (non-hydrogen) atoms. The molecule has 164 valence electrons. The number of amides is 2. The van der Waals surface area contributed by atoms with E-state index in [2.05, 4.69) is 16.8 Å². The minimum atomic E-state index is -0.199. The van der Waals surface area contributed by atoms with E-state index in [0.717, 1.165) is 12.1 Å². The van der Waals surface area contributed by atoms with E-state index in [1.165, 1.54) is 0 Å². The number of hydrogen-bond acceptors (Lipinski definition) is 3. The predicted octanol–water partition coefficient (Wildman–Crippen LogP) is 4.57. The Morgan fingerprint density at radius 2 is 1.84 bits per heavy atom. The summed E-state index contributed by atoms with van der Waals surface area (Å²) in [4.78, 5) is 27.0. The zero-order chi connectivity index (χ0) is 22.2. The highest BCUT2D eigenvalue weighted by Crippen LogP contribution is 2.15. The fourth-order valence-electron chi connectivity index (χ4n) is 3.37. The van der Waals surface area contributed by atoms with Crippen LogP contribution in [0.25, 0.3) is 0 Å². The lowest BCUT2D eigenvalue weighted by Gasteiger charge is -2.23. The van der Waals surface area contributed by atoms with Crippen molar-refractivity contribution in [1.29, 1.82) is 0 Å².